The fraction of sp³-hybridized carbons (Fsp3) is 0.409. The minimum absolute atomic E-state index is 0.353. The Morgan fingerprint density at radius 1 is 1.10 bits per heavy atom. The van der Waals surface area contributed by atoms with E-state index in [-0.39, 0.29) is 5.91 Å². The van der Waals surface area contributed by atoms with Crippen LogP contribution in [-0.2, 0) is 9.59 Å². The highest BCUT2D eigenvalue weighted by atomic mass is 16.5. The number of hydrogen-bond donors (Lipinski definition) is 2. The molecule has 2 N–H and O–H groups in total. The van der Waals surface area contributed by atoms with E-state index in [4.69, 9.17) is 4.74 Å². The molecule has 152 valence electrons. The largest absolute Gasteiger partial charge is 0.497 e. The molecule has 4 amide bonds. The summed E-state index contributed by atoms with van der Waals surface area (Å²) in [7, 11) is 1.62. The van der Waals surface area contributed by atoms with Crippen LogP contribution in [0.2, 0.25) is 0 Å². The summed E-state index contributed by atoms with van der Waals surface area (Å²) in [5, 5.41) is 5.65. The lowest BCUT2D eigenvalue weighted by Crippen LogP contribution is -2.51. The van der Waals surface area contributed by atoms with Crippen molar-refractivity contribution >= 4 is 28.6 Å². The van der Waals surface area contributed by atoms with E-state index in [1.807, 2.05) is 36.4 Å². The molecule has 1 saturated carbocycles. The third-order valence-corrected chi connectivity index (χ3v) is 6.06. The van der Waals surface area contributed by atoms with Crippen LogP contribution in [0.4, 0.5) is 4.79 Å². The van der Waals surface area contributed by atoms with E-state index in [1.54, 1.807) is 14.0 Å². The summed E-state index contributed by atoms with van der Waals surface area (Å²) in [4.78, 5) is 38.0. The van der Waals surface area contributed by atoms with Gasteiger partial charge in [-0.3, -0.25) is 15.0 Å². The summed E-state index contributed by atoms with van der Waals surface area (Å²) >= 11 is 0. The van der Waals surface area contributed by atoms with Crippen molar-refractivity contribution in [1.82, 2.24) is 15.8 Å². The molecule has 2 aromatic carbocycles. The minimum atomic E-state index is -0.853. The number of urea groups is 1. The fourth-order valence-corrected chi connectivity index (χ4v) is 4.21. The molecule has 2 fully saturated rings. The first-order valence-corrected chi connectivity index (χ1v) is 9.98. The maximum Gasteiger partial charge on any atom is 0.344 e. The van der Waals surface area contributed by atoms with Gasteiger partial charge in [0, 0.05) is 0 Å². The zero-order valence-corrected chi connectivity index (χ0v) is 16.7. The van der Waals surface area contributed by atoms with Crippen LogP contribution >= 0.6 is 0 Å². The third kappa shape index (κ3) is 3.41. The number of imide groups is 1. The fourth-order valence-electron chi connectivity index (χ4n) is 4.21. The molecule has 1 saturated heterocycles. The molecule has 1 aliphatic carbocycles. The van der Waals surface area contributed by atoms with Gasteiger partial charge in [0.1, 0.15) is 11.3 Å². The minimum Gasteiger partial charge on any atom is -0.497 e. The predicted molar refractivity (Wildman–Crippen MR) is 108 cm³/mol. The van der Waals surface area contributed by atoms with E-state index in [0.29, 0.717) is 12.8 Å². The van der Waals surface area contributed by atoms with Crippen LogP contribution < -0.4 is 15.5 Å². The van der Waals surface area contributed by atoms with Gasteiger partial charge in [0.05, 0.1) is 13.0 Å². The number of ether oxygens (including phenoxy) is 1. The lowest BCUT2D eigenvalue weighted by molar-refractivity contribution is -0.140. The zero-order valence-electron chi connectivity index (χ0n) is 16.7. The Kier molecular flexibility index (Phi) is 4.90. The molecule has 0 unspecified atom stereocenters. The second kappa shape index (κ2) is 7.39. The number of hydrazine groups is 1. The average molecular weight is 395 g/mol. The van der Waals surface area contributed by atoms with Gasteiger partial charge in [-0.15, -0.1) is 0 Å². The first-order valence-electron chi connectivity index (χ1n) is 9.98. The van der Waals surface area contributed by atoms with Crippen LogP contribution in [0.25, 0.3) is 10.8 Å². The predicted octanol–water partition coefficient (Wildman–Crippen LogP) is 3.24. The van der Waals surface area contributed by atoms with Crippen molar-refractivity contribution in [2.24, 2.45) is 0 Å². The standard InChI is InChI=1S/C22H25N3O4/c1-14(15-6-7-17-13-18(29-2)9-8-16(17)12-15)19(26)24-25-20(27)22(23-21(25)28)10-4-3-5-11-22/h6-9,12-14H,3-5,10-11H2,1-2H3,(H,23,28)(H,24,26)/t14-/m0/s1. The van der Waals surface area contributed by atoms with E-state index in [1.165, 1.54) is 0 Å². The molecule has 1 atom stereocenters. The van der Waals surface area contributed by atoms with Crippen LogP contribution in [0.1, 0.15) is 50.5 Å². The number of fused-ring (bicyclic) bond motifs is 1. The van der Waals surface area contributed by atoms with Crippen LogP contribution in [-0.4, -0.2) is 35.5 Å². The van der Waals surface area contributed by atoms with E-state index >= 15 is 0 Å². The molecule has 1 heterocycles. The Bertz CT molecular complexity index is 981. The van der Waals surface area contributed by atoms with E-state index in [0.717, 1.165) is 46.4 Å². The van der Waals surface area contributed by atoms with Gasteiger partial charge in [-0.05, 0) is 48.2 Å². The number of amides is 4. The molecule has 2 aromatic rings. The van der Waals surface area contributed by atoms with Crippen molar-refractivity contribution in [2.45, 2.75) is 50.5 Å². The number of methoxy groups -OCH3 is 1. The highest BCUT2D eigenvalue weighted by Gasteiger charge is 2.52. The lowest BCUT2D eigenvalue weighted by Gasteiger charge is -2.30. The van der Waals surface area contributed by atoms with E-state index in [2.05, 4.69) is 10.7 Å². The number of carbonyl (C=O) groups excluding carboxylic acids is 3. The number of nitrogens with one attached hydrogen (secondary N) is 2. The highest BCUT2D eigenvalue weighted by molar-refractivity contribution is 6.08. The van der Waals surface area contributed by atoms with Gasteiger partial charge in [-0.1, -0.05) is 43.5 Å². The maximum atomic E-state index is 12.8. The van der Waals surface area contributed by atoms with Crippen LogP contribution in [0, 0.1) is 0 Å². The molecule has 7 heteroatoms. The number of carbonyl (C=O) groups is 3. The molecule has 7 nitrogen and oxygen atoms in total. The van der Waals surface area contributed by atoms with Gasteiger partial charge in [0.2, 0.25) is 5.91 Å². The Morgan fingerprint density at radius 3 is 2.52 bits per heavy atom. The first-order chi connectivity index (χ1) is 13.9. The van der Waals surface area contributed by atoms with Gasteiger partial charge >= 0.3 is 6.03 Å². The normalized spacial score (nSPS) is 19.3. The lowest BCUT2D eigenvalue weighted by atomic mass is 9.82. The van der Waals surface area contributed by atoms with E-state index in [9.17, 15) is 14.4 Å². The SMILES string of the molecule is COc1ccc2cc([C@H](C)C(=O)NN3C(=O)NC4(CCCCC4)C3=O)ccc2c1. The van der Waals surface area contributed by atoms with Gasteiger partial charge in [0.25, 0.3) is 5.91 Å². The van der Waals surface area contributed by atoms with Gasteiger partial charge in [-0.25, -0.2) is 4.79 Å². The molecule has 2 aliphatic rings. The van der Waals surface area contributed by atoms with Crippen molar-refractivity contribution in [2.75, 3.05) is 7.11 Å². The number of nitrogens with zero attached hydrogens (tertiary/aromatic N) is 1. The van der Waals surface area contributed by atoms with Crippen LogP contribution in [0.3, 0.4) is 0 Å². The summed E-state index contributed by atoms with van der Waals surface area (Å²) in [5.41, 5.74) is 2.48. The van der Waals surface area contributed by atoms with Crippen LogP contribution in [0.5, 0.6) is 5.75 Å². The van der Waals surface area contributed by atoms with Crippen molar-refractivity contribution in [3.8, 4) is 5.75 Å². The molecule has 1 aliphatic heterocycles. The number of hydrogen-bond acceptors (Lipinski definition) is 4. The summed E-state index contributed by atoms with van der Waals surface area (Å²) in [6.07, 6.45) is 4.08. The number of benzene rings is 2. The average Bonchev–Trinajstić information content (AvgIpc) is 2.96. The molecule has 1 spiro atoms. The molecule has 0 aromatic heterocycles. The summed E-state index contributed by atoms with van der Waals surface area (Å²) in [6, 6.07) is 10.9. The second-order valence-corrected chi connectivity index (χ2v) is 7.88. The van der Waals surface area contributed by atoms with Crippen molar-refractivity contribution in [3.05, 3.63) is 42.0 Å². The van der Waals surface area contributed by atoms with E-state index < -0.39 is 23.4 Å². The monoisotopic (exact) mass is 395 g/mol. The molecular formula is C22H25N3O4. The molecule has 29 heavy (non-hydrogen) atoms. The zero-order chi connectivity index (χ0) is 20.6. The Hall–Kier alpha value is -3.09. The Labute approximate surface area is 169 Å². The summed E-state index contributed by atoms with van der Waals surface area (Å²) in [5.74, 6) is -0.501. The molecular weight excluding hydrogens is 370 g/mol. The summed E-state index contributed by atoms with van der Waals surface area (Å²) < 4.78 is 5.24. The van der Waals surface area contributed by atoms with Crippen molar-refractivity contribution in [3.63, 3.8) is 0 Å². The summed E-state index contributed by atoms with van der Waals surface area (Å²) in [6.45, 7) is 1.76. The Morgan fingerprint density at radius 2 is 1.79 bits per heavy atom. The molecule has 0 bridgehead atoms. The van der Waals surface area contributed by atoms with Crippen LogP contribution in [0.15, 0.2) is 36.4 Å². The van der Waals surface area contributed by atoms with Gasteiger partial charge in [0.15, 0.2) is 0 Å². The number of rotatable bonds is 4. The van der Waals surface area contributed by atoms with Crippen molar-refractivity contribution in [1.29, 1.82) is 0 Å². The molecule has 0 radical (unpaired) electrons. The first kappa shape index (κ1) is 19.2. The second-order valence-electron chi connectivity index (χ2n) is 7.88. The highest BCUT2D eigenvalue weighted by Crippen LogP contribution is 2.33. The van der Waals surface area contributed by atoms with Gasteiger partial charge < -0.3 is 10.1 Å². The maximum absolute atomic E-state index is 12.8. The smallest absolute Gasteiger partial charge is 0.344 e. The van der Waals surface area contributed by atoms with Gasteiger partial charge in [-0.2, -0.15) is 5.01 Å². The molecule has 4 rings (SSSR count). The third-order valence-electron chi connectivity index (χ3n) is 6.06. The quantitative estimate of drug-likeness (QED) is 0.778. The topological polar surface area (TPSA) is 87.7 Å². The Balaban J connectivity index is 1.50. The van der Waals surface area contributed by atoms with Crippen molar-refractivity contribution < 1.29 is 19.1 Å².